The molecule has 2 aliphatic heterocycles. The van der Waals surface area contributed by atoms with Gasteiger partial charge in [0.1, 0.15) is 5.54 Å². The van der Waals surface area contributed by atoms with Gasteiger partial charge in [0.05, 0.1) is 15.2 Å². The minimum absolute atomic E-state index is 0.234. The van der Waals surface area contributed by atoms with Crippen LogP contribution in [0.2, 0.25) is 5.02 Å². The van der Waals surface area contributed by atoms with E-state index >= 15 is 0 Å². The highest BCUT2D eigenvalue weighted by Crippen LogP contribution is 2.36. The van der Waals surface area contributed by atoms with E-state index in [2.05, 4.69) is 36.4 Å². The third-order valence-electron chi connectivity index (χ3n) is 3.78. The zero-order valence-electron chi connectivity index (χ0n) is 10.4. The molecular formula is C12H12BrClN4O2. The topological polar surface area (TPSA) is 74.3 Å². The number of halogens is 2. The van der Waals surface area contributed by atoms with Crippen LogP contribution in [0, 0.1) is 0 Å². The summed E-state index contributed by atoms with van der Waals surface area (Å²) < 4.78 is 0.820. The standard InChI is InChI=1S/C12H12BrClN4O2/c13-7-5-15-6-8(14)9(7)18-3-1-12(2-4-18)10(19)16-11(20)17-12/h5-6H,1-4H2,(H2,16,17,19,20). The minimum atomic E-state index is -0.764. The van der Waals surface area contributed by atoms with Crippen molar-refractivity contribution in [3.63, 3.8) is 0 Å². The number of urea groups is 1. The van der Waals surface area contributed by atoms with Crippen molar-refractivity contribution < 1.29 is 9.59 Å². The second-order valence-corrected chi connectivity index (χ2v) is 6.19. The number of aromatic nitrogens is 1. The Bertz CT molecular complexity index is 567. The van der Waals surface area contributed by atoms with E-state index in [4.69, 9.17) is 11.6 Å². The maximum Gasteiger partial charge on any atom is 0.322 e. The number of carbonyl (C=O) groups excluding carboxylic acids is 2. The summed E-state index contributed by atoms with van der Waals surface area (Å²) in [5.41, 5.74) is 0.112. The fourth-order valence-electron chi connectivity index (χ4n) is 2.70. The third-order valence-corrected chi connectivity index (χ3v) is 4.63. The van der Waals surface area contributed by atoms with Gasteiger partial charge in [0.15, 0.2) is 0 Å². The van der Waals surface area contributed by atoms with Crippen molar-refractivity contribution in [1.82, 2.24) is 15.6 Å². The Balaban J connectivity index is 1.79. The molecule has 0 unspecified atom stereocenters. The molecule has 20 heavy (non-hydrogen) atoms. The second kappa shape index (κ2) is 4.89. The molecule has 1 spiro atoms. The van der Waals surface area contributed by atoms with Gasteiger partial charge in [-0.2, -0.15) is 0 Å². The summed E-state index contributed by atoms with van der Waals surface area (Å²) in [5.74, 6) is -0.234. The fraction of sp³-hybridized carbons (Fsp3) is 0.417. The van der Waals surface area contributed by atoms with E-state index in [0.717, 1.165) is 10.2 Å². The van der Waals surface area contributed by atoms with Crippen LogP contribution in [-0.4, -0.2) is 35.6 Å². The Hall–Kier alpha value is -1.34. The zero-order valence-corrected chi connectivity index (χ0v) is 12.8. The summed E-state index contributed by atoms with van der Waals surface area (Å²) in [5, 5.41) is 5.60. The number of anilines is 1. The molecule has 0 aromatic carbocycles. The van der Waals surface area contributed by atoms with Crippen molar-refractivity contribution in [2.45, 2.75) is 18.4 Å². The van der Waals surface area contributed by atoms with Gasteiger partial charge in [-0.3, -0.25) is 15.1 Å². The summed E-state index contributed by atoms with van der Waals surface area (Å²) in [6, 6.07) is -0.411. The summed E-state index contributed by atoms with van der Waals surface area (Å²) in [4.78, 5) is 29.3. The molecule has 1 aromatic heterocycles. The quantitative estimate of drug-likeness (QED) is 0.748. The van der Waals surface area contributed by atoms with Crippen LogP contribution < -0.4 is 15.5 Å². The summed E-state index contributed by atoms with van der Waals surface area (Å²) in [7, 11) is 0. The summed E-state index contributed by atoms with van der Waals surface area (Å²) in [6.07, 6.45) is 4.39. The molecule has 8 heteroatoms. The molecule has 3 amide bonds. The van der Waals surface area contributed by atoms with Crippen molar-refractivity contribution in [2.24, 2.45) is 0 Å². The molecule has 1 aromatic rings. The molecule has 2 N–H and O–H groups in total. The van der Waals surface area contributed by atoms with Crippen LogP contribution in [0.3, 0.4) is 0 Å². The van der Waals surface area contributed by atoms with Gasteiger partial charge >= 0.3 is 6.03 Å². The van der Waals surface area contributed by atoms with Gasteiger partial charge in [-0.05, 0) is 28.8 Å². The first-order valence-electron chi connectivity index (χ1n) is 6.19. The normalized spacial score (nSPS) is 21.0. The van der Waals surface area contributed by atoms with Gasteiger partial charge < -0.3 is 10.2 Å². The molecule has 0 aliphatic carbocycles. The van der Waals surface area contributed by atoms with Crippen molar-refractivity contribution in [2.75, 3.05) is 18.0 Å². The van der Waals surface area contributed by atoms with Crippen LogP contribution in [0.5, 0.6) is 0 Å². The minimum Gasteiger partial charge on any atom is -0.369 e. The molecule has 0 bridgehead atoms. The van der Waals surface area contributed by atoms with Gasteiger partial charge in [-0.15, -0.1) is 0 Å². The maximum atomic E-state index is 11.9. The van der Waals surface area contributed by atoms with Crippen LogP contribution in [0.15, 0.2) is 16.9 Å². The number of hydrogen-bond acceptors (Lipinski definition) is 4. The van der Waals surface area contributed by atoms with Crippen molar-refractivity contribution in [3.05, 3.63) is 21.9 Å². The van der Waals surface area contributed by atoms with Gasteiger partial charge in [0, 0.05) is 25.5 Å². The highest BCUT2D eigenvalue weighted by atomic mass is 79.9. The SMILES string of the molecule is O=C1NC(=O)C2(CCN(c3c(Cl)cncc3Br)CC2)N1. The zero-order chi connectivity index (χ0) is 14.3. The predicted octanol–water partition coefficient (Wildman–Crippen LogP) is 1.68. The van der Waals surface area contributed by atoms with E-state index in [0.29, 0.717) is 31.0 Å². The maximum absolute atomic E-state index is 11.9. The number of nitrogens with zero attached hydrogens (tertiary/aromatic N) is 2. The Labute approximate surface area is 129 Å². The largest absolute Gasteiger partial charge is 0.369 e. The summed E-state index contributed by atoms with van der Waals surface area (Å²) >= 11 is 9.62. The Morgan fingerprint density at radius 1 is 1.30 bits per heavy atom. The van der Waals surface area contributed by atoms with Crippen molar-refractivity contribution in [1.29, 1.82) is 0 Å². The first kappa shape index (κ1) is 13.6. The lowest BCUT2D eigenvalue weighted by molar-refractivity contribution is -0.124. The lowest BCUT2D eigenvalue weighted by Crippen LogP contribution is -2.55. The highest BCUT2D eigenvalue weighted by Gasteiger charge is 2.48. The van der Waals surface area contributed by atoms with E-state index in [9.17, 15) is 9.59 Å². The average Bonchev–Trinajstić information content (AvgIpc) is 2.66. The third kappa shape index (κ3) is 2.14. The van der Waals surface area contributed by atoms with Crippen molar-refractivity contribution >= 4 is 45.2 Å². The van der Waals surface area contributed by atoms with E-state index < -0.39 is 11.6 Å². The number of carbonyl (C=O) groups is 2. The van der Waals surface area contributed by atoms with Crippen LogP contribution in [0.1, 0.15) is 12.8 Å². The fourth-order valence-corrected chi connectivity index (χ4v) is 3.67. The summed E-state index contributed by atoms with van der Waals surface area (Å²) in [6.45, 7) is 1.27. The van der Waals surface area contributed by atoms with E-state index in [-0.39, 0.29) is 5.91 Å². The number of pyridine rings is 1. The van der Waals surface area contributed by atoms with Gasteiger partial charge in [0.25, 0.3) is 5.91 Å². The van der Waals surface area contributed by atoms with Gasteiger partial charge in [-0.1, -0.05) is 11.6 Å². The number of amides is 3. The highest BCUT2D eigenvalue weighted by molar-refractivity contribution is 9.10. The number of nitrogens with one attached hydrogen (secondary N) is 2. The Morgan fingerprint density at radius 2 is 2.00 bits per heavy atom. The van der Waals surface area contributed by atoms with Gasteiger partial charge in [-0.25, -0.2) is 4.79 Å². The molecule has 106 valence electrons. The molecule has 0 radical (unpaired) electrons. The molecule has 3 rings (SSSR count). The first-order chi connectivity index (χ1) is 9.52. The molecule has 2 saturated heterocycles. The van der Waals surface area contributed by atoms with Crippen molar-refractivity contribution in [3.8, 4) is 0 Å². The molecule has 3 heterocycles. The monoisotopic (exact) mass is 358 g/mol. The molecule has 2 aliphatic rings. The second-order valence-electron chi connectivity index (χ2n) is 4.93. The van der Waals surface area contributed by atoms with E-state index in [1.165, 1.54) is 0 Å². The Morgan fingerprint density at radius 3 is 2.55 bits per heavy atom. The van der Waals surface area contributed by atoms with Crippen LogP contribution in [-0.2, 0) is 4.79 Å². The molecule has 6 nitrogen and oxygen atoms in total. The van der Waals surface area contributed by atoms with Crippen LogP contribution >= 0.6 is 27.5 Å². The number of rotatable bonds is 1. The molecule has 0 saturated carbocycles. The average molecular weight is 360 g/mol. The molecule has 0 atom stereocenters. The smallest absolute Gasteiger partial charge is 0.322 e. The van der Waals surface area contributed by atoms with E-state index in [1.807, 2.05) is 0 Å². The number of imide groups is 1. The molecular weight excluding hydrogens is 348 g/mol. The lowest BCUT2D eigenvalue weighted by atomic mass is 9.87. The molecule has 2 fully saturated rings. The Kier molecular flexibility index (Phi) is 3.33. The van der Waals surface area contributed by atoms with E-state index in [1.54, 1.807) is 12.4 Å². The lowest BCUT2D eigenvalue weighted by Gasteiger charge is -2.38. The number of piperidine rings is 1. The van der Waals surface area contributed by atoms with Crippen LogP contribution in [0.25, 0.3) is 0 Å². The van der Waals surface area contributed by atoms with Gasteiger partial charge in [0.2, 0.25) is 0 Å². The van der Waals surface area contributed by atoms with Crippen LogP contribution in [0.4, 0.5) is 10.5 Å². The number of hydrogen-bond donors (Lipinski definition) is 2. The first-order valence-corrected chi connectivity index (χ1v) is 7.36. The predicted molar refractivity (Wildman–Crippen MR) is 77.8 cm³/mol.